The maximum atomic E-state index is 9.06. The van der Waals surface area contributed by atoms with Crippen molar-refractivity contribution in [3.05, 3.63) is 0 Å². The Labute approximate surface area is 57.3 Å². The zero-order valence-corrected chi connectivity index (χ0v) is 5.47. The summed E-state index contributed by atoms with van der Waals surface area (Å²) in [6, 6.07) is 0. The zero-order chi connectivity index (χ0) is 4.28. The van der Waals surface area contributed by atoms with Crippen molar-refractivity contribution in [2.24, 2.45) is 0 Å². The van der Waals surface area contributed by atoms with Crippen LogP contribution in [0.1, 0.15) is 0 Å². The maximum Gasteiger partial charge on any atom is 1.00 e. The maximum absolute atomic E-state index is 9.06. The van der Waals surface area contributed by atoms with E-state index in [-0.39, 0.29) is 29.6 Å². The van der Waals surface area contributed by atoms with Crippen LogP contribution in [-0.2, 0) is 4.79 Å². The fraction of sp³-hybridized carbons (Fsp3) is 0.500. The number of rotatable bonds is 1. The molecule has 30 valence electrons. The summed E-state index contributed by atoms with van der Waals surface area (Å²) in [6.07, 6.45) is 0. The Morgan fingerprint density at radius 3 is 2.00 bits per heavy atom. The van der Waals surface area contributed by atoms with Crippen molar-refractivity contribution in [2.75, 3.05) is 6.61 Å². The molecule has 0 aliphatic rings. The number of hydrogen-bond donors (Lipinski definition) is 1. The van der Waals surface area contributed by atoms with Gasteiger partial charge in [0.15, 0.2) is 0 Å². The van der Waals surface area contributed by atoms with Gasteiger partial charge in [-0.3, -0.25) is 4.79 Å². The van der Waals surface area contributed by atoms with Crippen molar-refractivity contribution in [2.45, 2.75) is 0 Å². The molecule has 0 fully saturated rings. The Morgan fingerprint density at radius 2 is 2.00 bits per heavy atom. The summed E-state index contributed by atoms with van der Waals surface area (Å²) in [5.41, 5.74) is 0. The largest absolute Gasteiger partial charge is 1.00 e. The molecule has 3 nitrogen and oxygen atoms in total. The third-order valence-corrected chi connectivity index (χ3v) is 0.123. The Morgan fingerprint density at radius 1 is 1.83 bits per heavy atom. The van der Waals surface area contributed by atoms with Gasteiger partial charge in [0.2, 0.25) is 0 Å². The molecule has 0 aromatic rings. The molecule has 0 bridgehead atoms. The molecule has 0 aromatic heterocycles. The number of hydrogen-bond acceptors (Lipinski definition) is 2. The normalized spacial score (nSPS) is 6.17. The zero-order valence-electron chi connectivity index (χ0n) is 3.47. The van der Waals surface area contributed by atoms with Gasteiger partial charge in [-0.15, -0.1) is 0 Å². The molecule has 0 rings (SSSR count). The van der Waals surface area contributed by atoms with Gasteiger partial charge >= 0.3 is 29.6 Å². The Balaban J connectivity index is 0. The van der Waals surface area contributed by atoms with Crippen molar-refractivity contribution in [1.82, 2.24) is 0 Å². The summed E-state index contributed by atoms with van der Waals surface area (Å²) in [6.45, 7) is -1.03. The van der Waals surface area contributed by atoms with E-state index < -0.39 is 12.6 Å². The fourth-order valence-electron chi connectivity index (χ4n) is 0. The third-order valence-electron chi connectivity index (χ3n) is 0.123. The molecule has 1 N–H and O–H groups in total. The first-order valence-electron chi connectivity index (χ1n) is 1.07. The van der Waals surface area contributed by atoms with Crippen LogP contribution < -0.4 is 34.7 Å². The van der Waals surface area contributed by atoms with Crippen LogP contribution in [-0.4, -0.2) is 17.7 Å². The summed E-state index contributed by atoms with van der Waals surface area (Å²) in [4.78, 5) is 9.06. The molecule has 0 heterocycles. The van der Waals surface area contributed by atoms with E-state index >= 15 is 0 Å². The van der Waals surface area contributed by atoms with Gasteiger partial charge in [-0.2, -0.15) is 0 Å². The minimum atomic E-state index is -1.30. The molecule has 0 aromatic carbocycles. The first-order valence-corrected chi connectivity index (χ1v) is 1.07. The quantitative estimate of drug-likeness (QED) is 0.336. The van der Waals surface area contributed by atoms with Gasteiger partial charge in [-0.05, 0) is 6.61 Å². The van der Waals surface area contributed by atoms with Crippen LogP contribution in [0.15, 0.2) is 0 Å². The molecular formula is C2H3NaO3. The molecule has 0 saturated heterocycles. The van der Waals surface area contributed by atoms with E-state index in [9.17, 15) is 0 Å². The first-order chi connectivity index (χ1) is 2.27. The van der Waals surface area contributed by atoms with E-state index in [0.29, 0.717) is 0 Å². The van der Waals surface area contributed by atoms with E-state index in [0.717, 1.165) is 0 Å². The summed E-state index contributed by atoms with van der Waals surface area (Å²) >= 11 is 0. The number of carbonyl (C=O) groups is 1. The molecule has 4 heteroatoms. The smallest absolute Gasteiger partial charge is 0.846 e. The van der Waals surface area contributed by atoms with E-state index in [1.165, 1.54) is 0 Å². The van der Waals surface area contributed by atoms with Gasteiger partial charge < -0.3 is 10.2 Å². The van der Waals surface area contributed by atoms with Crippen molar-refractivity contribution < 1.29 is 44.6 Å². The van der Waals surface area contributed by atoms with Crippen molar-refractivity contribution in [3.63, 3.8) is 0 Å². The standard InChI is InChI=1S/C2H3O3.Na/c3-1-2(4)5;/h1H2,(H,4,5);/q-1;+1. The van der Waals surface area contributed by atoms with E-state index in [2.05, 4.69) is 0 Å². The third kappa shape index (κ3) is 8.83. The second-order valence-corrected chi connectivity index (χ2v) is 0.538. The second-order valence-electron chi connectivity index (χ2n) is 0.538. The van der Waals surface area contributed by atoms with Gasteiger partial charge in [0.05, 0.1) is 0 Å². The SMILES string of the molecule is O=C(O)C[O-].[Na+]. The van der Waals surface area contributed by atoms with Crippen LogP contribution in [0.5, 0.6) is 0 Å². The number of carboxylic acid groups (broad SMARTS) is 1. The summed E-state index contributed by atoms with van der Waals surface area (Å²) in [7, 11) is 0. The van der Waals surface area contributed by atoms with E-state index in [4.69, 9.17) is 15.0 Å². The fourth-order valence-corrected chi connectivity index (χ4v) is 0. The molecular weight excluding hydrogens is 95.0 g/mol. The molecule has 0 unspecified atom stereocenters. The molecule has 6 heavy (non-hydrogen) atoms. The molecule has 0 atom stereocenters. The average molecular weight is 98.0 g/mol. The van der Waals surface area contributed by atoms with Gasteiger partial charge in [0.1, 0.15) is 0 Å². The van der Waals surface area contributed by atoms with E-state index in [1.54, 1.807) is 0 Å². The van der Waals surface area contributed by atoms with Crippen LogP contribution in [0, 0.1) is 0 Å². The number of aliphatic carboxylic acids is 1. The summed E-state index contributed by atoms with van der Waals surface area (Å²) < 4.78 is 0. The van der Waals surface area contributed by atoms with Gasteiger partial charge in [-0.1, -0.05) is 0 Å². The van der Waals surface area contributed by atoms with Crippen LogP contribution in [0.3, 0.4) is 0 Å². The van der Waals surface area contributed by atoms with Gasteiger partial charge in [-0.25, -0.2) is 0 Å². The predicted molar refractivity (Wildman–Crippen MR) is 12.5 cm³/mol. The summed E-state index contributed by atoms with van der Waals surface area (Å²) in [5.74, 6) is -1.30. The van der Waals surface area contributed by atoms with Crippen molar-refractivity contribution >= 4 is 5.97 Å². The van der Waals surface area contributed by atoms with E-state index in [1.807, 2.05) is 0 Å². The predicted octanol–water partition coefficient (Wildman–Crippen LogP) is -4.56. The van der Waals surface area contributed by atoms with Crippen molar-refractivity contribution in [1.29, 1.82) is 0 Å². The molecule has 0 amide bonds. The molecule has 0 spiro atoms. The topological polar surface area (TPSA) is 60.4 Å². The van der Waals surface area contributed by atoms with Crippen LogP contribution >= 0.6 is 0 Å². The second kappa shape index (κ2) is 5.43. The van der Waals surface area contributed by atoms with Gasteiger partial charge in [0, 0.05) is 0 Å². The molecule has 0 aliphatic carbocycles. The number of carboxylic acids is 1. The summed E-state index contributed by atoms with van der Waals surface area (Å²) in [5, 5.41) is 16.4. The monoisotopic (exact) mass is 98.0 g/mol. The average Bonchev–Trinajstić information content (AvgIpc) is 1.38. The minimum Gasteiger partial charge on any atom is -0.846 e. The molecule has 0 aliphatic heterocycles. The molecule has 0 saturated carbocycles. The minimum absolute atomic E-state index is 0. The van der Waals surface area contributed by atoms with Crippen molar-refractivity contribution in [3.8, 4) is 0 Å². The van der Waals surface area contributed by atoms with Crippen LogP contribution in [0.2, 0.25) is 0 Å². The Bertz CT molecular complexity index is 44.1. The first kappa shape index (κ1) is 9.66. The van der Waals surface area contributed by atoms with Gasteiger partial charge in [0.25, 0.3) is 5.97 Å². The van der Waals surface area contributed by atoms with Crippen LogP contribution in [0.25, 0.3) is 0 Å². The molecule has 0 radical (unpaired) electrons. The van der Waals surface area contributed by atoms with Crippen LogP contribution in [0.4, 0.5) is 0 Å². The Hall–Kier alpha value is 0.430. The Kier molecular flexibility index (Phi) is 8.74.